The van der Waals surface area contributed by atoms with Crippen LogP contribution in [0.15, 0.2) is 6.07 Å². The van der Waals surface area contributed by atoms with Gasteiger partial charge in [-0.15, -0.1) is 0 Å². The van der Waals surface area contributed by atoms with E-state index in [-0.39, 0.29) is 24.1 Å². The molecule has 9 nitrogen and oxygen atoms in total. The van der Waals surface area contributed by atoms with Crippen LogP contribution in [0.1, 0.15) is 33.9 Å². The van der Waals surface area contributed by atoms with Crippen LogP contribution in [0.5, 0.6) is 34.5 Å². The number of phenolic OH excluding ortho intramolecular Hbond substituents is 2. The third kappa shape index (κ3) is 4.08. The fraction of sp³-hybridized carbons (Fsp3) is 0.520. The first kappa shape index (κ1) is 25.7. The Morgan fingerprint density at radius 3 is 2.06 bits per heavy atom. The van der Waals surface area contributed by atoms with Gasteiger partial charge in [0.2, 0.25) is 0 Å². The molecule has 0 bridgehead atoms. The smallest absolute Gasteiger partial charge is 0.167 e. The number of aromatic hydroxyl groups is 2. The van der Waals surface area contributed by atoms with E-state index in [9.17, 15) is 15.3 Å². The number of hydrogen-bond donors (Lipinski definition) is 4. The normalized spacial score (nSPS) is 18.9. The number of methoxy groups -OCH3 is 4. The van der Waals surface area contributed by atoms with Crippen LogP contribution < -0.4 is 24.7 Å². The molecule has 0 aromatic heterocycles. The molecular formula is C25H36N2O7. The van der Waals surface area contributed by atoms with Gasteiger partial charge in [0.15, 0.2) is 23.0 Å². The molecule has 1 heterocycles. The number of rotatable bonds is 8. The summed E-state index contributed by atoms with van der Waals surface area (Å²) in [5, 5.41) is 31.8. The molecule has 34 heavy (non-hydrogen) atoms. The Bertz CT molecular complexity index is 1060. The lowest BCUT2D eigenvalue weighted by atomic mass is 9.81. The number of phenols is 2. The summed E-state index contributed by atoms with van der Waals surface area (Å²) in [5.74, 6) is 1.88. The van der Waals surface area contributed by atoms with Crippen molar-refractivity contribution in [1.82, 2.24) is 4.90 Å². The number of fused-ring (bicyclic) bond motifs is 1. The highest BCUT2D eigenvalue weighted by molar-refractivity contribution is 5.64. The highest BCUT2D eigenvalue weighted by Gasteiger charge is 2.41. The lowest BCUT2D eigenvalue weighted by molar-refractivity contribution is 0.0805. The minimum Gasteiger partial charge on any atom is -0.504 e. The van der Waals surface area contributed by atoms with E-state index >= 15 is 0 Å². The molecule has 0 unspecified atom stereocenters. The maximum atomic E-state index is 11.2. The largest absolute Gasteiger partial charge is 0.504 e. The van der Waals surface area contributed by atoms with E-state index in [1.165, 1.54) is 14.2 Å². The number of aliphatic hydroxyl groups excluding tert-OH is 1. The maximum Gasteiger partial charge on any atom is 0.167 e. The first-order valence-electron chi connectivity index (χ1n) is 11.1. The van der Waals surface area contributed by atoms with Crippen LogP contribution in [-0.2, 0) is 12.8 Å². The second-order valence-electron chi connectivity index (χ2n) is 8.70. The molecule has 0 aliphatic carbocycles. The van der Waals surface area contributed by atoms with Crippen LogP contribution in [0.3, 0.4) is 0 Å². The number of benzene rings is 2. The van der Waals surface area contributed by atoms with Gasteiger partial charge in [-0.25, -0.2) is 0 Å². The summed E-state index contributed by atoms with van der Waals surface area (Å²) >= 11 is 0. The van der Waals surface area contributed by atoms with Crippen molar-refractivity contribution in [3.8, 4) is 34.5 Å². The number of nitrogens with zero attached hydrogens (tertiary/aromatic N) is 1. The number of hydrogen-bond acceptors (Lipinski definition) is 9. The fourth-order valence-corrected chi connectivity index (χ4v) is 5.35. The van der Waals surface area contributed by atoms with E-state index in [1.807, 2.05) is 18.9 Å². The maximum absolute atomic E-state index is 11.2. The van der Waals surface area contributed by atoms with Crippen molar-refractivity contribution >= 4 is 0 Å². The van der Waals surface area contributed by atoms with Gasteiger partial charge in [0, 0.05) is 34.3 Å². The van der Waals surface area contributed by atoms with Crippen LogP contribution in [0.25, 0.3) is 0 Å². The van der Waals surface area contributed by atoms with Gasteiger partial charge >= 0.3 is 0 Å². The Labute approximate surface area is 200 Å². The zero-order valence-electron chi connectivity index (χ0n) is 20.9. The van der Waals surface area contributed by atoms with E-state index in [4.69, 9.17) is 24.7 Å². The topological polar surface area (TPSA) is 127 Å². The van der Waals surface area contributed by atoms with Crippen molar-refractivity contribution in [2.45, 2.75) is 44.8 Å². The molecule has 0 amide bonds. The number of likely N-dealkylation sites (N-methyl/N-ethyl adjacent to an activating group) is 1. The van der Waals surface area contributed by atoms with Crippen LogP contribution in [0, 0.1) is 13.8 Å². The van der Waals surface area contributed by atoms with Crippen molar-refractivity contribution in [2.75, 3.05) is 42.1 Å². The van der Waals surface area contributed by atoms with Crippen molar-refractivity contribution < 1.29 is 34.3 Å². The summed E-state index contributed by atoms with van der Waals surface area (Å²) in [7, 11) is 8.00. The number of aliphatic hydroxyl groups is 1. The SMILES string of the molecule is COc1c(O)cc(C[C@H](N)[C@H]2c3c(O)c(OC)c(C)c(OC)c3C[C@@H](CO)N2C)c(OC)c1C. The van der Waals surface area contributed by atoms with E-state index in [0.29, 0.717) is 58.1 Å². The second-order valence-corrected chi connectivity index (χ2v) is 8.70. The molecule has 5 N–H and O–H groups in total. The molecular weight excluding hydrogens is 440 g/mol. The molecule has 0 fully saturated rings. The first-order chi connectivity index (χ1) is 16.2. The summed E-state index contributed by atoms with van der Waals surface area (Å²) in [6.07, 6.45) is 0.811. The van der Waals surface area contributed by atoms with Crippen LogP contribution >= 0.6 is 0 Å². The monoisotopic (exact) mass is 476 g/mol. The first-order valence-corrected chi connectivity index (χ1v) is 11.1. The average Bonchev–Trinajstić information content (AvgIpc) is 2.79. The Kier molecular flexibility index (Phi) is 7.70. The van der Waals surface area contributed by atoms with Gasteiger partial charge in [-0.05, 0) is 45.4 Å². The third-order valence-electron chi connectivity index (χ3n) is 6.91. The van der Waals surface area contributed by atoms with Gasteiger partial charge in [-0.1, -0.05) is 0 Å². The molecule has 0 saturated heterocycles. The average molecular weight is 477 g/mol. The highest BCUT2D eigenvalue weighted by Crippen LogP contribution is 2.51. The van der Waals surface area contributed by atoms with Crippen LogP contribution in [0.4, 0.5) is 0 Å². The molecule has 1 aliphatic rings. The van der Waals surface area contributed by atoms with Gasteiger partial charge in [0.25, 0.3) is 0 Å². The second kappa shape index (κ2) is 10.2. The predicted octanol–water partition coefficient (Wildman–Crippen LogP) is 2.21. The van der Waals surface area contributed by atoms with Gasteiger partial charge in [0.05, 0.1) is 41.1 Å². The summed E-state index contributed by atoms with van der Waals surface area (Å²) in [6, 6.07) is 0.354. The van der Waals surface area contributed by atoms with Crippen molar-refractivity contribution in [1.29, 1.82) is 0 Å². The van der Waals surface area contributed by atoms with E-state index < -0.39 is 12.1 Å². The predicted molar refractivity (Wildman–Crippen MR) is 129 cm³/mol. The van der Waals surface area contributed by atoms with Crippen molar-refractivity contribution in [3.05, 3.63) is 33.9 Å². The molecule has 188 valence electrons. The van der Waals surface area contributed by atoms with Crippen molar-refractivity contribution in [2.24, 2.45) is 5.73 Å². The lowest BCUT2D eigenvalue weighted by Gasteiger charge is -2.44. The molecule has 0 spiro atoms. The summed E-state index contributed by atoms with van der Waals surface area (Å²) < 4.78 is 22.1. The van der Waals surface area contributed by atoms with Gasteiger partial charge in [-0.3, -0.25) is 4.90 Å². The summed E-state index contributed by atoms with van der Waals surface area (Å²) in [5.41, 5.74) is 10.3. The quantitative estimate of drug-likeness (QED) is 0.453. The van der Waals surface area contributed by atoms with Gasteiger partial charge < -0.3 is 40.0 Å². The lowest BCUT2D eigenvalue weighted by Crippen LogP contribution is -2.50. The van der Waals surface area contributed by atoms with Gasteiger partial charge in [0.1, 0.15) is 11.5 Å². The molecule has 0 radical (unpaired) electrons. The zero-order valence-corrected chi connectivity index (χ0v) is 20.9. The molecule has 3 rings (SSSR count). The third-order valence-corrected chi connectivity index (χ3v) is 6.91. The van der Waals surface area contributed by atoms with Crippen molar-refractivity contribution in [3.63, 3.8) is 0 Å². The molecule has 2 aromatic carbocycles. The molecule has 9 heteroatoms. The Morgan fingerprint density at radius 1 is 0.971 bits per heavy atom. The Hall–Kier alpha value is -2.88. The molecule has 3 atom stereocenters. The minimum atomic E-state index is -0.540. The fourth-order valence-electron chi connectivity index (χ4n) is 5.35. The Balaban J connectivity index is 2.17. The minimum absolute atomic E-state index is 0.00422. The molecule has 2 aromatic rings. The highest BCUT2D eigenvalue weighted by atomic mass is 16.5. The van der Waals surface area contributed by atoms with E-state index in [1.54, 1.807) is 27.2 Å². The summed E-state index contributed by atoms with van der Waals surface area (Å²) in [4.78, 5) is 1.98. The number of ether oxygens (including phenoxy) is 4. The van der Waals surface area contributed by atoms with E-state index in [0.717, 1.165) is 5.56 Å². The number of nitrogens with two attached hydrogens (primary N) is 1. The van der Waals surface area contributed by atoms with Crippen LogP contribution in [-0.4, -0.2) is 74.4 Å². The molecule has 1 aliphatic heterocycles. The summed E-state index contributed by atoms with van der Waals surface area (Å²) in [6.45, 7) is 3.55. The van der Waals surface area contributed by atoms with Gasteiger partial charge in [-0.2, -0.15) is 0 Å². The van der Waals surface area contributed by atoms with E-state index in [2.05, 4.69) is 0 Å². The zero-order chi connectivity index (χ0) is 25.3. The Morgan fingerprint density at radius 2 is 1.53 bits per heavy atom. The molecule has 0 saturated carbocycles. The standard InChI is InChI=1S/C25H36N2O7/c1-12-22(31-4)14(9-18(29)24(12)33-6)8-17(26)20-19-16(10-15(11-28)27(20)3)23(32-5)13(2)25(34-7)21(19)30/h9,15,17,20,28-30H,8,10-11,26H2,1-7H3/t15-,17-,20-/m0/s1. The van der Waals surface area contributed by atoms with Crippen LogP contribution in [0.2, 0.25) is 0 Å².